The molecular formula is C10H15N3O2S2. The summed E-state index contributed by atoms with van der Waals surface area (Å²) in [6.07, 6.45) is 0. The molecule has 0 aliphatic carbocycles. The van der Waals surface area contributed by atoms with Gasteiger partial charge in [0, 0.05) is 0 Å². The second kappa shape index (κ2) is 5.95. The average Bonchev–Trinajstić information content (AvgIpc) is 2.27. The van der Waals surface area contributed by atoms with Crippen molar-refractivity contribution in [2.24, 2.45) is 5.73 Å². The Balaban J connectivity index is 2.62. The lowest BCUT2D eigenvalue weighted by molar-refractivity contribution is 0.572. The molecule has 0 aliphatic heterocycles. The van der Waals surface area contributed by atoms with Gasteiger partial charge in [-0.1, -0.05) is 37.3 Å². The first-order valence-corrected chi connectivity index (χ1v) is 7.06. The van der Waals surface area contributed by atoms with E-state index in [-0.39, 0.29) is 16.8 Å². The topological polar surface area (TPSA) is 84.2 Å². The zero-order valence-corrected chi connectivity index (χ0v) is 11.0. The summed E-state index contributed by atoms with van der Waals surface area (Å²) >= 11 is 4.51. The maximum Gasteiger partial charge on any atom is 0.228 e. The van der Waals surface area contributed by atoms with E-state index >= 15 is 0 Å². The minimum Gasteiger partial charge on any atom is -0.375 e. The zero-order valence-electron chi connectivity index (χ0n) is 9.38. The predicted octanol–water partition coefficient (Wildman–Crippen LogP) is 0.458. The van der Waals surface area contributed by atoms with E-state index in [1.54, 1.807) is 0 Å². The van der Waals surface area contributed by atoms with Crippen molar-refractivity contribution in [3.05, 3.63) is 35.9 Å². The van der Waals surface area contributed by atoms with Crippen molar-refractivity contribution in [1.82, 2.24) is 10.3 Å². The van der Waals surface area contributed by atoms with Gasteiger partial charge in [0.05, 0.1) is 5.75 Å². The summed E-state index contributed by atoms with van der Waals surface area (Å²) in [5.74, 6) is -0.144. The first kappa shape index (κ1) is 13.9. The normalized spacial score (nSPS) is 13.0. The highest BCUT2D eigenvalue weighted by atomic mass is 32.2. The van der Waals surface area contributed by atoms with E-state index in [1.165, 1.54) is 0 Å². The van der Waals surface area contributed by atoms with E-state index < -0.39 is 10.0 Å². The molecule has 1 atom stereocenters. The maximum atomic E-state index is 11.6. The van der Waals surface area contributed by atoms with Crippen molar-refractivity contribution < 1.29 is 8.42 Å². The van der Waals surface area contributed by atoms with Gasteiger partial charge in [-0.15, -0.1) is 4.83 Å². The summed E-state index contributed by atoms with van der Waals surface area (Å²) in [4.78, 5) is 2.12. The number of hydrogen-bond acceptors (Lipinski definition) is 3. The fourth-order valence-electron chi connectivity index (χ4n) is 1.38. The number of sulfonamides is 1. The third-order valence-corrected chi connectivity index (χ3v) is 3.62. The van der Waals surface area contributed by atoms with Gasteiger partial charge in [0.25, 0.3) is 0 Å². The number of nitrogens with two attached hydrogens (primary N) is 1. The van der Waals surface area contributed by atoms with Gasteiger partial charge in [-0.2, -0.15) is 0 Å². The van der Waals surface area contributed by atoms with Crippen LogP contribution in [-0.4, -0.2) is 19.3 Å². The highest BCUT2D eigenvalue weighted by molar-refractivity contribution is 7.89. The third kappa shape index (κ3) is 5.12. The van der Waals surface area contributed by atoms with Crippen LogP contribution in [0.15, 0.2) is 30.3 Å². The van der Waals surface area contributed by atoms with Crippen LogP contribution in [0.25, 0.3) is 0 Å². The molecule has 0 aliphatic rings. The molecule has 1 unspecified atom stereocenters. The van der Waals surface area contributed by atoms with Crippen LogP contribution in [0.3, 0.4) is 0 Å². The minimum absolute atomic E-state index is 0.0351. The molecule has 0 bridgehead atoms. The molecule has 17 heavy (non-hydrogen) atoms. The molecule has 0 saturated carbocycles. The summed E-state index contributed by atoms with van der Waals surface area (Å²) in [5.41, 5.74) is 8.31. The van der Waals surface area contributed by atoms with E-state index in [0.29, 0.717) is 0 Å². The van der Waals surface area contributed by atoms with Gasteiger partial charge >= 0.3 is 0 Å². The Morgan fingerprint density at radius 2 is 2.00 bits per heavy atom. The van der Waals surface area contributed by atoms with Crippen LogP contribution in [0.4, 0.5) is 0 Å². The van der Waals surface area contributed by atoms with Gasteiger partial charge in [0.1, 0.15) is 0 Å². The Hall–Kier alpha value is -1.18. The van der Waals surface area contributed by atoms with Crippen molar-refractivity contribution in [3.8, 4) is 0 Å². The second-order valence-electron chi connectivity index (χ2n) is 3.68. The second-order valence-corrected chi connectivity index (χ2v) is 5.89. The fourth-order valence-corrected chi connectivity index (χ4v) is 2.69. The van der Waals surface area contributed by atoms with Gasteiger partial charge in [-0.3, -0.25) is 5.43 Å². The summed E-state index contributed by atoms with van der Waals surface area (Å²) in [6, 6.07) is 9.41. The molecule has 94 valence electrons. The monoisotopic (exact) mass is 273 g/mol. The van der Waals surface area contributed by atoms with Gasteiger partial charge in [0.15, 0.2) is 5.11 Å². The lowest BCUT2D eigenvalue weighted by atomic mass is 10.0. The predicted molar refractivity (Wildman–Crippen MR) is 71.7 cm³/mol. The van der Waals surface area contributed by atoms with E-state index in [2.05, 4.69) is 22.5 Å². The summed E-state index contributed by atoms with van der Waals surface area (Å²) in [6.45, 7) is 1.84. The molecule has 5 nitrogen and oxygen atoms in total. The van der Waals surface area contributed by atoms with Gasteiger partial charge in [-0.25, -0.2) is 8.42 Å². The van der Waals surface area contributed by atoms with Gasteiger partial charge in [-0.05, 0) is 23.7 Å². The van der Waals surface area contributed by atoms with Gasteiger partial charge in [0.2, 0.25) is 10.0 Å². The fraction of sp³-hybridized carbons (Fsp3) is 0.300. The number of nitrogens with one attached hydrogen (secondary N) is 2. The van der Waals surface area contributed by atoms with Crippen LogP contribution >= 0.6 is 12.2 Å². The van der Waals surface area contributed by atoms with Crippen LogP contribution in [0.5, 0.6) is 0 Å². The first-order chi connectivity index (χ1) is 7.91. The smallest absolute Gasteiger partial charge is 0.228 e. The summed E-state index contributed by atoms with van der Waals surface area (Å²) in [5, 5.41) is -0.110. The highest BCUT2D eigenvalue weighted by Crippen LogP contribution is 2.15. The van der Waals surface area contributed by atoms with Crippen molar-refractivity contribution in [3.63, 3.8) is 0 Å². The van der Waals surface area contributed by atoms with Crippen LogP contribution in [0.2, 0.25) is 0 Å². The van der Waals surface area contributed by atoms with E-state index in [9.17, 15) is 8.42 Å². The van der Waals surface area contributed by atoms with Crippen molar-refractivity contribution in [2.75, 3.05) is 5.75 Å². The molecular weight excluding hydrogens is 258 g/mol. The lowest BCUT2D eigenvalue weighted by Crippen LogP contribution is -2.45. The summed E-state index contributed by atoms with van der Waals surface area (Å²) in [7, 11) is -3.45. The summed E-state index contributed by atoms with van der Waals surface area (Å²) < 4.78 is 23.3. The van der Waals surface area contributed by atoms with Crippen LogP contribution < -0.4 is 16.0 Å². The van der Waals surface area contributed by atoms with Crippen molar-refractivity contribution >= 4 is 27.4 Å². The average molecular weight is 273 g/mol. The van der Waals surface area contributed by atoms with E-state index in [0.717, 1.165) is 5.56 Å². The van der Waals surface area contributed by atoms with Crippen LogP contribution in [0, 0.1) is 0 Å². The molecule has 1 aromatic carbocycles. The first-order valence-electron chi connectivity index (χ1n) is 5.00. The molecule has 4 N–H and O–H groups in total. The van der Waals surface area contributed by atoms with E-state index in [1.807, 2.05) is 37.3 Å². The molecule has 0 radical (unpaired) electrons. The van der Waals surface area contributed by atoms with Crippen molar-refractivity contribution in [1.29, 1.82) is 0 Å². The lowest BCUT2D eigenvalue weighted by Gasteiger charge is -2.13. The van der Waals surface area contributed by atoms with Crippen molar-refractivity contribution in [2.45, 2.75) is 12.8 Å². The van der Waals surface area contributed by atoms with Crippen LogP contribution in [0.1, 0.15) is 18.4 Å². The number of thiocarbonyl (C=S) groups is 1. The molecule has 0 fully saturated rings. The third-order valence-electron chi connectivity index (χ3n) is 2.17. The number of rotatable bonds is 5. The Bertz CT molecular complexity index is 474. The standard InChI is InChI=1S/C10H15N3O2S2/c1-8(9-5-3-2-4-6-9)7-17(14,15)13-12-10(11)16/h2-6,8,13H,7H2,1H3,(H3,11,12,16). The largest absolute Gasteiger partial charge is 0.375 e. The number of benzene rings is 1. The number of hydrazine groups is 1. The Labute approximate surface area is 106 Å². The molecule has 0 heterocycles. The maximum absolute atomic E-state index is 11.6. The SMILES string of the molecule is CC(CS(=O)(=O)NNC(N)=S)c1ccccc1. The molecule has 1 rings (SSSR count). The zero-order chi connectivity index (χ0) is 12.9. The van der Waals surface area contributed by atoms with Crippen LogP contribution in [-0.2, 0) is 10.0 Å². The Kier molecular flexibility index (Phi) is 4.86. The van der Waals surface area contributed by atoms with Gasteiger partial charge < -0.3 is 5.73 Å². The molecule has 1 aromatic rings. The molecule has 0 amide bonds. The number of hydrogen-bond donors (Lipinski definition) is 3. The van der Waals surface area contributed by atoms with E-state index in [4.69, 9.17) is 5.73 Å². The molecule has 0 aromatic heterocycles. The Morgan fingerprint density at radius 1 is 1.41 bits per heavy atom. The Morgan fingerprint density at radius 3 is 2.53 bits per heavy atom. The quantitative estimate of drug-likeness (QED) is 0.536. The molecule has 0 spiro atoms. The highest BCUT2D eigenvalue weighted by Gasteiger charge is 2.16. The molecule has 0 saturated heterocycles. The molecule has 7 heteroatoms. The minimum atomic E-state index is -3.45.